The number of hydrogen-bond acceptors (Lipinski definition) is 3. The molecule has 0 aliphatic rings. The molecule has 2 N–H and O–H groups in total. The Morgan fingerprint density at radius 1 is 1.12 bits per heavy atom. The largest absolute Gasteiger partial charge is 0.354 e. The lowest BCUT2D eigenvalue weighted by molar-refractivity contribution is 0.0947. The molecule has 0 aliphatic carbocycles. The van der Waals surface area contributed by atoms with Gasteiger partial charge in [-0.05, 0) is 41.5 Å². The van der Waals surface area contributed by atoms with Gasteiger partial charge in [0.25, 0.3) is 5.91 Å². The predicted molar refractivity (Wildman–Crippen MR) is 104 cm³/mol. The molecule has 0 saturated carbocycles. The summed E-state index contributed by atoms with van der Waals surface area (Å²) in [7, 11) is 0. The summed E-state index contributed by atoms with van der Waals surface area (Å²) in [6, 6.07) is 11.9. The fraction of sp³-hybridized carbons (Fsp3) is 0.429. The zero-order chi connectivity index (χ0) is 18.4. The van der Waals surface area contributed by atoms with Crippen LogP contribution < -0.4 is 10.6 Å². The second-order valence-electron chi connectivity index (χ2n) is 7.79. The summed E-state index contributed by atoms with van der Waals surface area (Å²) >= 11 is 0. The summed E-state index contributed by atoms with van der Waals surface area (Å²) < 4.78 is 0. The first-order valence-corrected chi connectivity index (χ1v) is 8.88. The van der Waals surface area contributed by atoms with E-state index in [1.54, 1.807) is 12.3 Å². The van der Waals surface area contributed by atoms with Crippen molar-refractivity contribution in [3.8, 4) is 0 Å². The van der Waals surface area contributed by atoms with Gasteiger partial charge in [-0.1, -0.05) is 52.8 Å². The van der Waals surface area contributed by atoms with Gasteiger partial charge in [-0.25, -0.2) is 4.98 Å². The van der Waals surface area contributed by atoms with Crippen molar-refractivity contribution < 1.29 is 4.79 Å². The van der Waals surface area contributed by atoms with Crippen molar-refractivity contribution in [1.82, 2.24) is 10.3 Å². The van der Waals surface area contributed by atoms with Crippen LogP contribution in [0.3, 0.4) is 0 Å². The summed E-state index contributed by atoms with van der Waals surface area (Å²) in [6.45, 7) is 11.5. The summed E-state index contributed by atoms with van der Waals surface area (Å²) in [5.41, 5.74) is 3.66. The van der Waals surface area contributed by atoms with E-state index < -0.39 is 0 Å². The van der Waals surface area contributed by atoms with Crippen molar-refractivity contribution in [3.63, 3.8) is 0 Å². The minimum Gasteiger partial charge on any atom is -0.354 e. The quantitative estimate of drug-likeness (QED) is 0.787. The highest BCUT2D eigenvalue weighted by molar-refractivity contribution is 5.92. The zero-order valence-corrected chi connectivity index (χ0v) is 15.9. The number of para-hydroxylation sites is 1. The van der Waals surface area contributed by atoms with Gasteiger partial charge >= 0.3 is 0 Å². The second kappa shape index (κ2) is 8.15. The maximum atomic E-state index is 12.1. The van der Waals surface area contributed by atoms with Crippen LogP contribution in [0.15, 0.2) is 42.6 Å². The lowest BCUT2D eigenvalue weighted by Crippen LogP contribution is -2.26. The summed E-state index contributed by atoms with van der Waals surface area (Å²) in [5, 5.41) is 6.32. The number of nitrogens with zero attached hydrogens (tertiary/aromatic N) is 1. The Morgan fingerprint density at radius 3 is 2.44 bits per heavy atom. The Bertz CT molecular complexity index is 700. The Hall–Kier alpha value is -2.36. The molecule has 0 aliphatic heterocycles. The number of aromatic nitrogens is 1. The average molecular weight is 339 g/mol. The Kier molecular flexibility index (Phi) is 6.18. The van der Waals surface area contributed by atoms with Crippen LogP contribution >= 0.6 is 0 Å². The number of nitrogens with one attached hydrogen (secondary N) is 2. The van der Waals surface area contributed by atoms with Gasteiger partial charge in [0.15, 0.2) is 0 Å². The molecule has 134 valence electrons. The highest BCUT2D eigenvalue weighted by Gasteiger charge is 2.17. The highest BCUT2D eigenvalue weighted by atomic mass is 16.1. The van der Waals surface area contributed by atoms with Gasteiger partial charge in [-0.3, -0.25) is 4.79 Å². The lowest BCUT2D eigenvalue weighted by Gasteiger charge is -2.23. The van der Waals surface area contributed by atoms with Gasteiger partial charge in [0.2, 0.25) is 0 Å². The molecule has 25 heavy (non-hydrogen) atoms. The van der Waals surface area contributed by atoms with E-state index in [0.717, 1.165) is 17.8 Å². The van der Waals surface area contributed by atoms with Crippen molar-refractivity contribution >= 4 is 17.3 Å². The van der Waals surface area contributed by atoms with Gasteiger partial charge < -0.3 is 10.6 Å². The molecule has 2 rings (SSSR count). The van der Waals surface area contributed by atoms with E-state index in [-0.39, 0.29) is 11.3 Å². The molecule has 0 radical (unpaired) electrons. The number of anilines is 2. The third kappa shape index (κ3) is 5.59. The van der Waals surface area contributed by atoms with E-state index in [9.17, 15) is 4.79 Å². The molecule has 0 bridgehead atoms. The van der Waals surface area contributed by atoms with Crippen molar-refractivity contribution in [2.45, 2.75) is 46.5 Å². The fourth-order valence-corrected chi connectivity index (χ4v) is 2.57. The van der Waals surface area contributed by atoms with Crippen LogP contribution in [-0.2, 0) is 5.41 Å². The fourth-order valence-electron chi connectivity index (χ4n) is 2.57. The molecular formula is C21H29N3O. The standard InChI is InChI=1S/C21H29N3O/c1-15(2)12-13-22-20(25)19-11-10-16(14-23-19)24-18-9-7-6-8-17(18)21(3,4)5/h6-11,14-15,24H,12-13H2,1-5H3,(H,22,25). The lowest BCUT2D eigenvalue weighted by atomic mass is 9.86. The molecule has 1 aromatic carbocycles. The minimum atomic E-state index is -0.123. The molecular weight excluding hydrogens is 310 g/mol. The van der Waals surface area contributed by atoms with Gasteiger partial charge in [-0.15, -0.1) is 0 Å². The number of carbonyl (C=O) groups is 1. The van der Waals surface area contributed by atoms with Crippen LogP contribution in [0.25, 0.3) is 0 Å². The van der Waals surface area contributed by atoms with Gasteiger partial charge in [0.1, 0.15) is 5.69 Å². The summed E-state index contributed by atoms with van der Waals surface area (Å²) in [5.74, 6) is 0.449. The first-order valence-electron chi connectivity index (χ1n) is 8.88. The number of rotatable bonds is 6. The molecule has 1 aromatic heterocycles. The molecule has 1 amide bonds. The molecule has 1 heterocycles. The maximum absolute atomic E-state index is 12.1. The molecule has 4 nitrogen and oxygen atoms in total. The van der Waals surface area contributed by atoms with E-state index in [4.69, 9.17) is 0 Å². The third-order valence-corrected chi connectivity index (χ3v) is 4.02. The van der Waals surface area contributed by atoms with Crippen LogP contribution in [0.5, 0.6) is 0 Å². The summed E-state index contributed by atoms with van der Waals surface area (Å²) in [4.78, 5) is 16.4. The average Bonchev–Trinajstić information content (AvgIpc) is 2.54. The molecule has 0 saturated heterocycles. The van der Waals surface area contributed by atoms with Gasteiger partial charge in [0, 0.05) is 12.2 Å². The highest BCUT2D eigenvalue weighted by Crippen LogP contribution is 2.31. The van der Waals surface area contributed by atoms with Crippen LogP contribution in [0, 0.1) is 5.92 Å². The van der Waals surface area contributed by atoms with Gasteiger partial charge in [0.05, 0.1) is 11.9 Å². The van der Waals surface area contributed by atoms with Crippen molar-refractivity contribution in [3.05, 3.63) is 53.9 Å². The predicted octanol–water partition coefficient (Wildman–Crippen LogP) is 4.90. The van der Waals surface area contributed by atoms with E-state index >= 15 is 0 Å². The third-order valence-electron chi connectivity index (χ3n) is 4.02. The van der Waals surface area contributed by atoms with Gasteiger partial charge in [-0.2, -0.15) is 0 Å². The van der Waals surface area contributed by atoms with E-state index in [1.807, 2.05) is 12.1 Å². The molecule has 0 fully saturated rings. The van der Waals surface area contributed by atoms with Crippen LogP contribution in [0.1, 0.15) is 57.1 Å². The minimum absolute atomic E-state index is 0.0489. The normalized spacial score (nSPS) is 11.4. The smallest absolute Gasteiger partial charge is 0.269 e. The SMILES string of the molecule is CC(C)CCNC(=O)c1ccc(Nc2ccccc2C(C)(C)C)cn1. The zero-order valence-electron chi connectivity index (χ0n) is 15.9. The maximum Gasteiger partial charge on any atom is 0.269 e. The van der Waals surface area contributed by atoms with E-state index in [1.165, 1.54) is 5.56 Å². The number of carbonyl (C=O) groups excluding carboxylic acids is 1. The molecule has 0 unspecified atom stereocenters. The molecule has 2 aromatic rings. The first-order chi connectivity index (χ1) is 11.8. The Morgan fingerprint density at radius 2 is 1.84 bits per heavy atom. The second-order valence-corrected chi connectivity index (χ2v) is 7.79. The number of hydrogen-bond donors (Lipinski definition) is 2. The van der Waals surface area contributed by atoms with E-state index in [0.29, 0.717) is 18.2 Å². The summed E-state index contributed by atoms with van der Waals surface area (Å²) in [6.07, 6.45) is 2.67. The van der Waals surface area contributed by atoms with Crippen molar-refractivity contribution in [1.29, 1.82) is 0 Å². The number of amides is 1. The topological polar surface area (TPSA) is 54.0 Å². The van der Waals surface area contributed by atoms with E-state index in [2.05, 4.69) is 68.4 Å². The Balaban J connectivity index is 2.05. The Labute approximate surface area is 151 Å². The monoisotopic (exact) mass is 339 g/mol. The molecule has 4 heteroatoms. The van der Waals surface area contributed by atoms with Crippen LogP contribution in [-0.4, -0.2) is 17.4 Å². The first kappa shape index (κ1) is 19.0. The molecule has 0 atom stereocenters. The molecule has 0 spiro atoms. The number of benzene rings is 1. The van der Waals surface area contributed by atoms with Crippen molar-refractivity contribution in [2.75, 3.05) is 11.9 Å². The van der Waals surface area contributed by atoms with Crippen LogP contribution in [0.2, 0.25) is 0 Å². The van der Waals surface area contributed by atoms with Crippen LogP contribution in [0.4, 0.5) is 11.4 Å². The van der Waals surface area contributed by atoms with Crippen molar-refractivity contribution in [2.24, 2.45) is 5.92 Å². The number of pyridine rings is 1.